The number of carbonyl (C=O) groups excluding carboxylic acids is 2. The van der Waals surface area contributed by atoms with Crippen LogP contribution in [0.25, 0.3) is 0 Å². The van der Waals surface area contributed by atoms with E-state index in [-0.39, 0.29) is 35.5 Å². The van der Waals surface area contributed by atoms with E-state index in [1.807, 2.05) is 0 Å². The molecule has 0 radical (unpaired) electrons. The Balaban J connectivity index is 1.57. The second kappa shape index (κ2) is 8.17. The molecule has 0 atom stereocenters. The van der Waals surface area contributed by atoms with Crippen LogP contribution in [0.4, 0.5) is 11.9 Å². The Kier molecular flexibility index (Phi) is 5.72. The number of amides is 2. The van der Waals surface area contributed by atoms with Crippen molar-refractivity contribution in [3.8, 4) is 0 Å². The predicted octanol–water partition coefficient (Wildman–Crippen LogP) is 2.91. The Morgan fingerprint density at radius 2 is 1.17 bits per heavy atom. The summed E-state index contributed by atoms with van der Waals surface area (Å²) in [5.41, 5.74) is 0. The fraction of sp³-hybridized carbons (Fsp3) is 0.706. The second-order valence-corrected chi connectivity index (χ2v) is 6.78. The smallest absolute Gasteiger partial charge is 0.234 e. The lowest BCUT2D eigenvalue weighted by molar-refractivity contribution is -0.121. The summed E-state index contributed by atoms with van der Waals surface area (Å²) in [6, 6.07) is 0. The zero-order valence-electron chi connectivity index (χ0n) is 14.0. The molecule has 0 spiro atoms. The van der Waals surface area contributed by atoms with Gasteiger partial charge in [-0.1, -0.05) is 38.5 Å². The highest BCUT2D eigenvalue weighted by molar-refractivity contribution is 5.92. The van der Waals surface area contributed by atoms with Crippen molar-refractivity contribution in [1.29, 1.82) is 0 Å². The fourth-order valence-corrected chi connectivity index (χ4v) is 3.57. The first kappa shape index (κ1) is 16.8. The summed E-state index contributed by atoms with van der Waals surface area (Å²) in [7, 11) is 0. The van der Waals surface area contributed by atoms with Gasteiger partial charge in [0.05, 0.1) is 0 Å². The summed E-state index contributed by atoms with van der Waals surface area (Å²) in [5.74, 6) is 0.418. The predicted molar refractivity (Wildman–Crippen MR) is 90.2 cm³/mol. The highest BCUT2D eigenvalue weighted by Crippen LogP contribution is 2.25. The summed E-state index contributed by atoms with van der Waals surface area (Å²) in [6.07, 6.45) is 11.8. The molecule has 1 aromatic rings. The van der Waals surface area contributed by atoms with E-state index in [2.05, 4.69) is 25.6 Å². The molecule has 2 fully saturated rings. The standard InChI is InChI=1S/C17H25N5O2/c23-14(12-7-3-1-4-8-12)20-16-18-11-19-17(22-16)21-15(24)13-9-5-2-6-10-13/h11-13H,1-10H2,(H2,18,19,20,21,22,23,24). The number of hydrogen-bond acceptors (Lipinski definition) is 5. The van der Waals surface area contributed by atoms with E-state index in [1.54, 1.807) is 0 Å². The van der Waals surface area contributed by atoms with Gasteiger partial charge in [0.1, 0.15) is 6.33 Å². The van der Waals surface area contributed by atoms with Gasteiger partial charge in [-0.15, -0.1) is 0 Å². The Hall–Kier alpha value is -2.05. The number of nitrogens with one attached hydrogen (secondary N) is 2. The van der Waals surface area contributed by atoms with Gasteiger partial charge in [0, 0.05) is 11.8 Å². The molecule has 7 nitrogen and oxygen atoms in total. The summed E-state index contributed by atoms with van der Waals surface area (Å²) in [6.45, 7) is 0. The quantitative estimate of drug-likeness (QED) is 0.884. The van der Waals surface area contributed by atoms with Crippen LogP contribution in [0.15, 0.2) is 6.33 Å². The lowest BCUT2D eigenvalue weighted by Gasteiger charge is -2.21. The maximum atomic E-state index is 12.2. The van der Waals surface area contributed by atoms with Crippen LogP contribution in [0.5, 0.6) is 0 Å². The number of hydrogen-bond donors (Lipinski definition) is 2. The van der Waals surface area contributed by atoms with E-state index >= 15 is 0 Å². The van der Waals surface area contributed by atoms with Crippen LogP contribution in [-0.4, -0.2) is 26.8 Å². The topological polar surface area (TPSA) is 96.9 Å². The zero-order valence-corrected chi connectivity index (χ0v) is 14.0. The second-order valence-electron chi connectivity index (χ2n) is 6.78. The van der Waals surface area contributed by atoms with Crippen LogP contribution in [0.2, 0.25) is 0 Å². The lowest BCUT2D eigenvalue weighted by Crippen LogP contribution is -2.27. The van der Waals surface area contributed by atoms with E-state index in [0.29, 0.717) is 0 Å². The molecule has 0 saturated heterocycles. The molecule has 1 aromatic heterocycles. The van der Waals surface area contributed by atoms with E-state index in [4.69, 9.17) is 0 Å². The number of carbonyl (C=O) groups is 2. The Morgan fingerprint density at radius 3 is 1.58 bits per heavy atom. The zero-order chi connectivity index (χ0) is 16.8. The summed E-state index contributed by atoms with van der Waals surface area (Å²) in [4.78, 5) is 36.6. The summed E-state index contributed by atoms with van der Waals surface area (Å²) >= 11 is 0. The van der Waals surface area contributed by atoms with E-state index in [1.165, 1.54) is 19.2 Å². The first-order valence-corrected chi connectivity index (χ1v) is 9.03. The van der Waals surface area contributed by atoms with Gasteiger partial charge in [0.15, 0.2) is 0 Å². The molecule has 2 N–H and O–H groups in total. The minimum absolute atomic E-state index is 0.0366. The Labute approximate surface area is 142 Å². The van der Waals surface area contributed by atoms with Crippen molar-refractivity contribution >= 4 is 23.7 Å². The van der Waals surface area contributed by atoms with Crippen LogP contribution >= 0.6 is 0 Å². The molecule has 2 saturated carbocycles. The van der Waals surface area contributed by atoms with Gasteiger partial charge in [0.2, 0.25) is 23.7 Å². The van der Waals surface area contributed by atoms with Crippen molar-refractivity contribution in [1.82, 2.24) is 15.0 Å². The first-order valence-electron chi connectivity index (χ1n) is 9.03. The van der Waals surface area contributed by atoms with Crippen molar-refractivity contribution in [2.45, 2.75) is 64.2 Å². The van der Waals surface area contributed by atoms with Crippen molar-refractivity contribution < 1.29 is 9.59 Å². The Morgan fingerprint density at radius 1 is 0.750 bits per heavy atom. The van der Waals surface area contributed by atoms with E-state index in [9.17, 15) is 9.59 Å². The third-order valence-corrected chi connectivity index (χ3v) is 4.99. The minimum atomic E-state index is -0.0366. The molecular weight excluding hydrogens is 306 g/mol. The fourth-order valence-electron chi connectivity index (χ4n) is 3.57. The Bertz CT molecular complexity index is 533. The van der Waals surface area contributed by atoms with E-state index < -0.39 is 0 Å². The van der Waals surface area contributed by atoms with Crippen molar-refractivity contribution in [3.63, 3.8) is 0 Å². The van der Waals surface area contributed by atoms with Crippen LogP contribution in [0, 0.1) is 11.8 Å². The number of rotatable bonds is 4. The molecule has 0 unspecified atom stereocenters. The molecule has 0 bridgehead atoms. The number of anilines is 2. The molecule has 24 heavy (non-hydrogen) atoms. The average molecular weight is 331 g/mol. The van der Waals surface area contributed by atoms with Gasteiger partial charge in [-0.25, -0.2) is 9.97 Å². The number of nitrogens with zero attached hydrogens (tertiary/aromatic N) is 3. The van der Waals surface area contributed by atoms with Gasteiger partial charge in [-0.05, 0) is 25.7 Å². The molecule has 130 valence electrons. The average Bonchev–Trinajstić information content (AvgIpc) is 2.63. The number of aromatic nitrogens is 3. The van der Waals surface area contributed by atoms with Crippen LogP contribution < -0.4 is 10.6 Å². The van der Waals surface area contributed by atoms with Crippen molar-refractivity contribution in [2.24, 2.45) is 11.8 Å². The first-order chi connectivity index (χ1) is 11.7. The molecule has 7 heteroatoms. The van der Waals surface area contributed by atoms with Gasteiger partial charge < -0.3 is 0 Å². The van der Waals surface area contributed by atoms with Crippen LogP contribution in [-0.2, 0) is 9.59 Å². The molecule has 2 aliphatic carbocycles. The molecular formula is C17H25N5O2. The van der Waals surface area contributed by atoms with Crippen LogP contribution in [0.1, 0.15) is 64.2 Å². The molecule has 3 rings (SSSR count). The van der Waals surface area contributed by atoms with Crippen molar-refractivity contribution in [2.75, 3.05) is 10.6 Å². The highest BCUT2D eigenvalue weighted by atomic mass is 16.2. The highest BCUT2D eigenvalue weighted by Gasteiger charge is 2.23. The summed E-state index contributed by atoms with van der Waals surface area (Å²) < 4.78 is 0. The normalized spacial score (nSPS) is 19.7. The third-order valence-electron chi connectivity index (χ3n) is 4.99. The molecule has 2 amide bonds. The van der Waals surface area contributed by atoms with Gasteiger partial charge >= 0.3 is 0 Å². The molecule has 1 heterocycles. The van der Waals surface area contributed by atoms with Gasteiger partial charge in [0.25, 0.3) is 0 Å². The SMILES string of the molecule is O=C(Nc1ncnc(NC(=O)C2CCCCC2)n1)C1CCCCC1. The molecule has 0 aromatic carbocycles. The third kappa shape index (κ3) is 4.49. The monoisotopic (exact) mass is 331 g/mol. The largest absolute Gasteiger partial charge is 0.294 e. The maximum Gasteiger partial charge on any atom is 0.234 e. The van der Waals surface area contributed by atoms with Crippen LogP contribution in [0.3, 0.4) is 0 Å². The van der Waals surface area contributed by atoms with Gasteiger partial charge in [-0.3, -0.25) is 20.2 Å². The minimum Gasteiger partial charge on any atom is -0.294 e. The van der Waals surface area contributed by atoms with Gasteiger partial charge in [-0.2, -0.15) is 4.98 Å². The molecule has 2 aliphatic rings. The maximum absolute atomic E-state index is 12.2. The van der Waals surface area contributed by atoms with E-state index in [0.717, 1.165) is 51.4 Å². The lowest BCUT2D eigenvalue weighted by atomic mass is 9.89. The molecule has 0 aliphatic heterocycles. The van der Waals surface area contributed by atoms with Crippen molar-refractivity contribution in [3.05, 3.63) is 6.33 Å². The summed E-state index contributed by atoms with van der Waals surface area (Å²) in [5, 5.41) is 5.50.